The molecule has 0 saturated heterocycles. The van der Waals surface area contributed by atoms with Crippen LogP contribution in [-0.2, 0) is 11.3 Å². The molecule has 2 N–H and O–H groups in total. The number of non-ortho nitro benzene ring substituents is 1. The Morgan fingerprint density at radius 3 is 2.69 bits per heavy atom. The Bertz CT molecular complexity index is 972. The number of nitro benzene ring substituents is 1. The highest BCUT2D eigenvalue weighted by molar-refractivity contribution is 7.13. The summed E-state index contributed by atoms with van der Waals surface area (Å²) in [4.78, 5) is 26.6. The van der Waals surface area contributed by atoms with Gasteiger partial charge in [0.2, 0.25) is 0 Å². The van der Waals surface area contributed by atoms with Gasteiger partial charge in [0, 0.05) is 28.8 Å². The lowest BCUT2D eigenvalue weighted by Crippen LogP contribution is -2.09. The minimum absolute atomic E-state index is 0.0758. The highest BCUT2D eigenvalue weighted by Gasteiger charge is 2.17. The first kappa shape index (κ1) is 17.5. The topological polar surface area (TPSA) is 108 Å². The van der Waals surface area contributed by atoms with Crippen LogP contribution in [-0.4, -0.2) is 15.9 Å². The van der Waals surface area contributed by atoms with Gasteiger partial charge in [0.1, 0.15) is 17.4 Å². The summed E-state index contributed by atoms with van der Waals surface area (Å²) < 4.78 is 18.1. The largest absolute Gasteiger partial charge is 0.455 e. The molecular weight excluding hydrogens is 361 g/mol. The number of rotatable bonds is 5. The number of nitrogens with zero attached hydrogens (tertiary/aromatic N) is 2. The van der Waals surface area contributed by atoms with E-state index in [4.69, 9.17) is 10.5 Å². The molecule has 0 radical (unpaired) electrons. The number of ether oxygens (including phenoxy) is 1. The van der Waals surface area contributed by atoms with Crippen molar-refractivity contribution in [1.29, 1.82) is 0 Å². The minimum atomic E-state index is -0.775. The van der Waals surface area contributed by atoms with Crippen LogP contribution in [0.25, 0.3) is 10.6 Å². The van der Waals surface area contributed by atoms with E-state index in [9.17, 15) is 19.3 Å². The summed E-state index contributed by atoms with van der Waals surface area (Å²) in [5.41, 5.74) is 6.70. The van der Waals surface area contributed by atoms with Crippen LogP contribution in [0.4, 0.5) is 15.8 Å². The molecule has 132 valence electrons. The van der Waals surface area contributed by atoms with Gasteiger partial charge in [0.25, 0.3) is 5.69 Å². The van der Waals surface area contributed by atoms with E-state index < -0.39 is 10.9 Å². The van der Waals surface area contributed by atoms with Gasteiger partial charge >= 0.3 is 5.97 Å². The van der Waals surface area contributed by atoms with Crippen molar-refractivity contribution in [3.8, 4) is 10.6 Å². The predicted octanol–water partition coefficient (Wildman–Crippen LogP) is 3.80. The summed E-state index contributed by atoms with van der Waals surface area (Å²) in [5.74, 6) is -1.11. The van der Waals surface area contributed by atoms with E-state index in [1.165, 1.54) is 35.6 Å². The monoisotopic (exact) mass is 373 g/mol. The molecule has 0 saturated carbocycles. The lowest BCUT2D eigenvalue weighted by Gasteiger charge is -2.05. The third-order valence-electron chi connectivity index (χ3n) is 3.46. The molecule has 3 aromatic rings. The molecule has 0 aliphatic heterocycles. The van der Waals surface area contributed by atoms with Gasteiger partial charge in [-0.25, -0.2) is 14.2 Å². The highest BCUT2D eigenvalue weighted by Crippen LogP contribution is 2.25. The molecule has 0 fully saturated rings. The Kier molecular flexibility index (Phi) is 4.90. The van der Waals surface area contributed by atoms with Crippen molar-refractivity contribution in [2.45, 2.75) is 6.61 Å². The number of hydrogen-bond donors (Lipinski definition) is 1. The zero-order valence-corrected chi connectivity index (χ0v) is 14.0. The van der Waals surface area contributed by atoms with Crippen LogP contribution in [0.3, 0.4) is 0 Å². The maximum atomic E-state index is 13.0. The molecule has 7 nitrogen and oxygen atoms in total. The SMILES string of the molecule is Nc1ccc([N+](=O)[O-])cc1C(=O)OCc1csc(-c2ccc(F)cc2)n1. The average Bonchev–Trinajstić information content (AvgIpc) is 3.09. The molecular formula is C17H12FN3O4S. The van der Waals surface area contributed by atoms with Gasteiger partial charge in [-0.2, -0.15) is 0 Å². The van der Waals surface area contributed by atoms with E-state index in [0.717, 1.165) is 11.6 Å². The third-order valence-corrected chi connectivity index (χ3v) is 4.40. The number of halogens is 1. The Balaban J connectivity index is 1.70. The van der Waals surface area contributed by atoms with E-state index in [-0.39, 0.29) is 29.4 Å². The predicted molar refractivity (Wildman–Crippen MR) is 94.1 cm³/mol. The first-order valence-electron chi connectivity index (χ1n) is 7.35. The molecule has 1 aromatic heterocycles. The van der Waals surface area contributed by atoms with E-state index in [1.807, 2.05) is 0 Å². The fourth-order valence-corrected chi connectivity index (χ4v) is 2.96. The summed E-state index contributed by atoms with van der Waals surface area (Å²) in [7, 11) is 0. The van der Waals surface area contributed by atoms with Crippen molar-refractivity contribution < 1.29 is 18.8 Å². The lowest BCUT2D eigenvalue weighted by molar-refractivity contribution is -0.384. The second-order valence-corrected chi connectivity index (χ2v) is 6.11. The molecule has 0 unspecified atom stereocenters. The van der Waals surface area contributed by atoms with Crippen LogP contribution < -0.4 is 5.73 Å². The molecule has 0 atom stereocenters. The summed E-state index contributed by atoms with van der Waals surface area (Å²) in [6, 6.07) is 9.44. The normalized spacial score (nSPS) is 10.5. The van der Waals surface area contributed by atoms with Crippen LogP contribution in [0, 0.1) is 15.9 Å². The number of hydrogen-bond acceptors (Lipinski definition) is 7. The zero-order valence-electron chi connectivity index (χ0n) is 13.2. The van der Waals surface area contributed by atoms with Crippen LogP contribution in [0.1, 0.15) is 16.1 Å². The Morgan fingerprint density at radius 1 is 1.27 bits per heavy atom. The van der Waals surface area contributed by atoms with E-state index >= 15 is 0 Å². The van der Waals surface area contributed by atoms with Crippen molar-refractivity contribution in [2.75, 3.05) is 5.73 Å². The van der Waals surface area contributed by atoms with Gasteiger partial charge < -0.3 is 10.5 Å². The molecule has 3 rings (SSSR count). The Labute approximate surface area is 151 Å². The molecule has 1 heterocycles. The zero-order chi connectivity index (χ0) is 18.7. The number of aromatic nitrogens is 1. The smallest absolute Gasteiger partial charge is 0.340 e. The number of carbonyl (C=O) groups excluding carboxylic acids is 1. The summed E-state index contributed by atoms with van der Waals surface area (Å²) in [6.07, 6.45) is 0. The summed E-state index contributed by atoms with van der Waals surface area (Å²) in [6.45, 7) is -0.112. The van der Waals surface area contributed by atoms with E-state index in [2.05, 4.69) is 4.98 Å². The second-order valence-electron chi connectivity index (χ2n) is 5.26. The molecule has 0 aliphatic carbocycles. The molecule has 0 spiro atoms. The van der Waals surface area contributed by atoms with Gasteiger partial charge in [0.05, 0.1) is 16.2 Å². The number of esters is 1. The Hall–Kier alpha value is -3.33. The standard InChI is InChI=1S/C17H12FN3O4S/c18-11-3-1-10(2-4-11)16-20-12(9-26-16)8-25-17(22)14-7-13(21(23)24)5-6-15(14)19/h1-7,9H,8,19H2. The van der Waals surface area contributed by atoms with Crippen molar-refractivity contribution >= 4 is 28.7 Å². The van der Waals surface area contributed by atoms with Gasteiger partial charge in [-0.3, -0.25) is 10.1 Å². The van der Waals surface area contributed by atoms with Crippen molar-refractivity contribution in [1.82, 2.24) is 4.98 Å². The number of carbonyl (C=O) groups is 1. The van der Waals surface area contributed by atoms with Crippen molar-refractivity contribution in [2.24, 2.45) is 0 Å². The quantitative estimate of drug-likeness (QED) is 0.315. The first-order valence-corrected chi connectivity index (χ1v) is 8.23. The highest BCUT2D eigenvalue weighted by atomic mass is 32.1. The lowest BCUT2D eigenvalue weighted by atomic mass is 10.1. The molecule has 9 heteroatoms. The maximum Gasteiger partial charge on any atom is 0.340 e. The van der Waals surface area contributed by atoms with Crippen LogP contribution in [0.15, 0.2) is 47.8 Å². The van der Waals surface area contributed by atoms with Gasteiger partial charge in [0.15, 0.2) is 0 Å². The van der Waals surface area contributed by atoms with Gasteiger partial charge in [-0.15, -0.1) is 11.3 Å². The van der Waals surface area contributed by atoms with Crippen LogP contribution >= 0.6 is 11.3 Å². The van der Waals surface area contributed by atoms with Gasteiger partial charge in [-0.05, 0) is 30.3 Å². The number of anilines is 1. The number of nitro groups is 1. The third kappa shape index (κ3) is 3.83. The minimum Gasteiger partial charge on any atom is -0.455 e. The van der Waals surface area contributed by atoms with Crippen molar-refractivity contribution in [3.05, 3.63) is 75.0 Å². The van der Waals surface area contributed by atoms with Crippen molar-refractivity contribution in [3.63, 3.8) is 0 Å². The Morgan fingerprint density at radius 2 is 2.00 bits per heavy atom. The average molecular weight is 373 g/mol. The van der Waals surface area contributed by atoms with E-state index in [0.29, 0.717) is 10.7 Å². The number of benzene rings is 2. The fraction of sp³-hybridized carbons (Fsp3) is 0.0588. The first-order chi connectivity index (χ1) is 12.4. The second kappa shape index (κ2) is 7.28. The molecule has 0 aliphatic rings. The fourth-order valence-electron chi connectivity index (χ4n) is 2.15. The summed E-state index contributed by atoms with van der Waals surface area (Å²) >= 11 is 1.33. The summed E-state index contributed by atoms with van der Waals surface area (Å²) in [5, 5.41) is 13.2. The maximum absolute atomic E-state index is 13.0. The number of nitrogen functional groups attached to an aromatic ring is 1. The van der Waals surface area contributed by atoms with Crippen LogP contribution in [0.5, 0.6) is 0 Å². The van der Waals surface area contributed by atoms with Crippen LogP contribution in [0.2, 0.25) is 0 Å². The molecule has 26 heavy (non-hydrogen) atoms. The molecule has 2 aromatic carbocycles. The van der Waals surface area contributed by atoms with E-state index in [1.54, 1.807) is 17.5 Å². The number of thiazole rings is 1. The van der Waals surface area contributed by atoms with Gasteiger partial charge in [-0.1, -0.05) is 0 Å². The molecule has 0 bridgehead atoms. The molecule has 0 amide bonds. The number of nitrogens with two attached hydrogens (primary N) is 1.